The molecule has 0 aliphatic rings. The first kappa shape index (κ1) is 15.2. The van der Waals surface area contributed by atoms with Gasteiger partial charge in [0, 0.05) is 14.1 Å². The Balaban J connectivity index is 2.61. The zero-order valence-corrected chi connectivity index (χ0v) is 12.5. The van der Waals surface area contributed by atoms with Crippen LogP contribution in [0, 0.1) is 0 Å². The van der Waals surface area contributed by atoms with Crippen LogP contribution in [-0.2, 0) is 10.0 Å². The quantitative estimate of drug-likeness (QED) is 0.940. The Hall–Kier alpha value is -2.18. The highest BCUT2D eigenvalue weighted by Gasteiger charge is 2.18. The van der Waals surface area contributed by atoms with Gasteiger partial charge in [-0.1, -0.05) is 30.3 Å². The Bertz CT molecular complexity index is 782. The van der Waals surface area contributed by atoms with Gasteiger partial charge in [0.05, 0.1) is 10.5 Å². The van der Waals surface area contributed by atoms with Crippen molar-refractivity contribution >= 4 is 16.0 Å². The monoisotopic (exact) mass is 305 g/mol. The normalized spacial score (nSPS) is 11.6. The van der Waals surface area contributed by atoms with Crippen LogP contribution in [0.1, 0.15) is 10.4 Å². The first-order valence-corrected chi connectivity index (χ1v) is 7.63. The fourth-order valence-electron chi connectivity index (χ4n) is 1.96. The molecule has 0 amide bonds. The molecule has 0 saturated carbocycles. The highest BCUT2D eigenvalue weighted by atomic mass is 32.2. The largest absolute Gasteiger partial charge is 0.478 e. The zero-order chi connectivity index (χ0) is 15.6. The fourth-order valence-corrected chi connectivity index (χ4v) is 2.90. The minimum Gasteiger partial charge on any atom is -0.478 e. The first-order valence-electron chi connectivity index (χ1n) is 6.19. The lowest BCUT2D eigenvalue weighted by Gasteiger charge is -2.13. The Kier molecular flexibility index (Phi) is 4.11. The van der Waals surface area contributed by atoms with E-state index in [1.54, 1.807) is 30.3 Å². The Morgan fingerprint density at radius 2 is 1.71 bits per heavy atom. The fraction of sp³-hybridized carbons (Fsp3) is 0.133. The van der Waals surface area contributed by atoms with Crippen LogP contribution in [-0.4, -0.2) is 37.9 Å². The standard InChI is InChI=1S/C15H15NO4S/c1-16(2)21(19,20)12-7-5-6-11(10-12)13-8-3-4-9-14(13)15(17)18/h3-10H,1-2H3,(H,17,18). The van der Waals surface area contributed by atoms with Gasteiger partial charge in [-0.3, -0.25) is 0 Å². The van der Waals surface area contributed by atoms with Crippen LogP contribution in [0.2, 0.25) is 0 Å². The molecular weight excluding hydrogens is 290 g/mol. The van der Waals surface area contributed by atoms with Crippen molar-refractivity contribution < 1.29 is 18.3 Å². The molecule has 21 heavy (non-hydrogen) atoms. The van der Waals surface area contributed by atoms with Crippen molar-refractivity contribution in [3.05, 3.63) is 54.1 Å². The molecule has 0 spiro atoms. The van der Waals surface area contributed by atoms with E-state index in [1.807, 2.05) is 0 Å². The number of nitrogens with zero attached hydrogens (tertiary/aromatic N) is 1. The molecule has 0 aliphatic heterocycles. The van der Waals surface area contributed by atoms with Crippen molar-refractivity contribution in [1.82, 2.24) is 4.31 Å². The topological polar surface area (TPSA) is 74.7 Å². The molecule has 0 aromatic heterocycles. The smallest absolute Gasteiger partial charge is 0.336 e. The minimum atomic E-state index is -3.55. The van der Waals surface area contributed by atoms with Crippen LogP contribution in [0.25, 0.3) is 11.1 Å². The van der Waals surface area contributed by atoms with Gasteiger partial charge in [0.15, 0.2) is 0 Å². The van der Waals surface area contributed by atoms with Crippen LogP contribution in [0.4, 0.5) is 0 Å². The van der Waals surface area contributed by atoms with Gasteiger partial charge in [-0.15, -0.1) is 0 Å². The average molecular weight is 305 g/mol. The van der Waals surface area contributed by atoms with Gasteiger partial charge in [-0.05, 0) is 29.3 Å². The van der Waals surface area contributed by atoms with Crippen LogP contribution < -0.4 is 0 Å². The maximum absolute atomic E-state index is 12.1. The number of hydrogen-bond acceptors (Lipinski definition) is 3. The maximum Gasteiger partial charge on any atom is 0.336 e. The van der Waals surface area contributed by atoms with E-state index in [-0.39, 0.29) is 10.5 Å². The van der Waals surface area contributed by atoms with E-state index in [2.05, 4.69) is 0 Å². The third-order valence-electron chi connectivity index (χ3n) is 3.08. The summed E-state index contributed by atoms with van der Waals surface area (Å²) in [5.74, 6) is -1.05. The van der Waals surface area contributed by atoms with Crippen molar-refractivity contribution in [2.75, 3.05) is 14.1 Å². The summed E-state index contributed by atoms with van der Waals surface area (Å²) in [6.45, 7) is 0. The Morgan fingerprint density at radius 3 is 2.33 bits per heavy atom. The molecular formula is C15H15NO4S. The first-order chi connectivity index (χ1) is 9.84. The number of rotatable bonds is 4. The lowest BCUT2D eigenvalue weighted by atomic mass is 10.00. The van der Waals surface area contributed by atoms with Gasteiger partial charge in [0.25, 0.3) is 0 Å². The summed E-state index contributed by atoms with van der Waals surface area (Å²) in [6, 6.07) is 12.8. The van der Waals surface area contributed by atoms with Gasteiger partial charge >= 0.3 is 5.97 Å². The number of benzene rings is 2. The van der Waals surface area contributed by atoms with E-state index in [0.29, 0.717) is 11.1 Å². The lowest BCUT2D eigenvalue weighted by Crippen LogP contribution is -2.22. The van der Waals surface area contributed by atoms with E-state index in [4.69, 9.17) is 0 Å². The maximum atomic E-state index is 12.1. The molecule has 5 nitrogen and oxygen atoms in total. The minimum absolute atomic E-state index is 0.130. The van der Waals surface area contributed by atoms with E-state index in [1.165, 1.54) is 32.3 Å². The number of carbonyl (C=O) groups is 1. The summed E-state index contributed by atoms with van der Waals surface area (Å²) in [5, 5.41) is 9.22. The Labute approximate surface area is 123 Å². The second-order valence-corrected chi connectivity index (χ2v) is 6.82. The molecule has 6 heteroatoms. The van der Waals surface area contributed by atoms with Crippen molar-refractivity contribution in [2.45, 2.75) is 4.90 Å². The summed E-state index contributed by atoms with van der Waals surface area (Å²) in [7, 11) is -0.651. The summed E-state index contributed by atoms with van der Waals surface area (Å²) >= 11 is 0. The molecule has 2 aromatic carbocycles. The molecule has 0 bridgehead atoms. The number of hydrogen-bond donors (Lipinski definition) is 1. The van der Waals surface area contributed by atoms with Gasteiger partial charge in [0.2, 0.25) is 10.0 Å². The predicted octanol–water partition coefficient (Wildman–Crippen LogP) is 2.30. The number of carboxylic acid groups (broad SMARTS) is 1. The van der Waals surface area contributed by atoms with Crippen LogP contribution in [0.5, 0.6) is 0 Å². The van der Waals surface area contributed by atoms with Gasteiger partial charge in [0.1, 0.15) is 0 Å². The van der Waals surface area contributed by atoms with Gasteiger partial charge < -0.3 is 5.11 Å². The lowest BCUT2D eigenvalue weighted by molar-refractivity contribution is 0.0697. The molecule has 0 fully saturated rings. The van der Waals surface area contributed by atoms with Crippen molar-refractivity contribution in [2.24, 2.45) is 0 Å². The number of sulfonamides is 1. The molecule has 2 rings (SSSR count). The summed E-state index contributed by atoms with van der Waals surface area (Å²) < 4.78 is 25.4. The highest BCUT2D eigenvalue weighted by molar-refractivity contribution is 7.89. The zero-order valence-electron chi connectivity index (χ0n) is 11.6. The molecule has 110 valence electrons. The van der Waals surface area contributed by atoms with E-state index < -0.39 is 16.0 Å². The van der Waals surface area contributed by atoms with Gasteiger partial charge in [-0.25, -0.2) is 17.5 Å². The SMILES string of the molecule is CN(C)S(=O)(=O)c1cccc(-c2ccccc2C(=O)O)c1. The molecule has 0 saturated heterocycles. The van der Waals surface area contributed by atoms with Crippen LogP contribution in [0.15, 0.2) is 53.4 Å². The third kappa shape index (κ3) is 2.96. The molecule has 0 radical (unpaired) electrons. The van der Waals surface area contributed by atoms with E-state index in [0.717, 1.165) is 4.31 Å². The molecule has 0 heterocycles. The molecule has 0 atom stereocenters. The number of aromatic carboxylic acids is 1. The molecule has 0 unspecified atom stereocenters. The van der Waals surface area contributed by atoms with Crippen molar-refractivity contribution in [1.29, 1.82) is 0 Å². The second kappa shape index (κ2) is 5.67. The predicted molar refractivity (Wildman–Crippen MR) is 79.7 cm³/mol. The van der Waals surface area contributed by atoms with Crippen molar-refractivity contribution in [3.63, 3.8) is 0 Å². The average Bonchev–Trinajstić information content (AvgIpc) is 2.47. The summed E-state index contributed by atoms with van der Waals surface area (Å²) in [4.78, 5) is 11.4. The Morgan fingerprint density at radius 1 is 1.05 bits per heavy atom. The second-order valence-electron chi connectivity index (χ2n) is 4.67. The van der Waals surface area contributed by atoms with E-state index in [9.17, 15) is 18.3 Å². The molecule has 1 N–H and O–H groups in total. The third-order valence-corrected chi connectivity index (χ3v) is 4.89. The van der Waals surface area contributed by atoms with Crippen LogP contribution in [0.3, 0.4) is 0 Å². The van der Waals surface area contributed by atoms with E-state index >= 15 is 0 Å². The summed E-state index contributed by atoms with van der Waals surface area (Å²) in [5.41, 5.74) is 1.17. The molecule has 0 aliphatic carbocycles. The van der Waals surface area contributed by atoms with Crippen LogP contribution >= 0.6 is 0 Å². The van der Waals surface area contributed by atoms with Crippen molar-refractivity contribution in [3.8, 4) is 11.1 Å². The summed E-state index contributed by atoms with van der Waals surface area (Å²) in [6.07, 6.45) is 0. The number of carboxylic acids is 1. The molecule has 2 aromatic rings. The highest BCUT2D eigenvalue weighted by Crippen LogP contribution is 2.26. The van der Waals surface area contributed by atoms with Gasteiger partial charge in [-0.2, -0.15) is 0 Å².